The molecule has 4 aromatic rings. The molecule has 2 saturated heterocycles. The van der Waals surface area contributed by atoms with E-state index in [-0.39, 0.29) is 35.0 Å². The molecule has 2 amide bonds. The topological polar surface area (TPSA) is 168 Å². The number of rotatable bonds is 12. The lowest BCUT2D eigenvalue weighted by atomic mass is 10.1. The number of aromatic nitrogens is 6. The number of β-amino-alcohol motifs (C(OH)–C–C–N with tert-alkyl or cyclic N) is 1. The van der Waals surface area contributed by atoms with Gasteiger partial charge < -0.3 is 47.7 Å². The van der Waals surface area contributed by atoms with Crippen molar-refractivity contribution in [1.82, 2.24) is 38.9 Å². The van der Waals surface area contributed by atoms with Crippen LogP contribution in [0.5, 0.6) is 5.88 Å². The van der Waals surface area contributed by atoms with Crippen molar-refractivity contribution in [3.8, 4) is 5.88 Å². The Labute approximate surface area is 376 Å². The first kappa shape index (κ1) is 50.4. The Morgan fingerprint density at radius 3 is 1.56 bits per heavy atom. The molecule has 2 fully saturated rings. The summed E-state index contributed by atoms with van der Waals surface area (Å²) in [5.41, 5.74) is 0.409. The van der Waals surface area contributed by atoms with Gasteiger partial charge in [0.1, 0.15) is 41.6 Å². The van der Waals surface area contributed by atoms with E-state index in [0.29, 0.717) is 62.0 Å². The van der Waals surface area contributed by atoms with E-state index in [1.165, 1.54) is 4.90 Å². The molecule has 340 valence electrons. The van der Waals surface area contributed by atoms with Crippen LogP contribution in [0.15, 0.2) is 24.5 Å². The maximum Gasteiger partial charge on any atom is 0.410 e. The SMILES string of the molecule is CC(C)(C)OC(=O)N1CC(O)C1.CC(C)(C)OC(=O)N1CC(Oc2nc(Cl)nc3c2ccn3COCC[Si](C)(C)C)C1.C[Si](C)(C)CCOCn1ccc2c(Cl)nc(Cl)nc21. The van der Waals surface area contributed by atoms with Gasteiger partial charge in [-0.2, -0.15) is 15.0 Å². The standard InChI is InChI=1S/C20H31ClN4O4Si.C12H17Cl2N3OSi.C8H15NO3/c1-20(2,3)29-19(26)25-11-14(12-25)28-17-15-7-8-24(16(15)22-18(21)23-17)13-27-9-10-30(4,5)6;1-19(2,3)7-6-18-8-17-5-4-9-10(13)15-12(14)16-11(9)17;1-8(2,3)12-7(11)9-4-6(10)5-9/h7-8,14H,9-13H2,1-6H3;4-5H,6-8H2,1-3H3;6,10H,4-5H2,1-3H3. The first-order valence-electron chi connectivity index (χ1n) is 20.3. The highest BCUT2D eigenvalue weighted by atomic mass is 35.5. The Balaban J connectivity index is 0.000000224. The highest BCUT2D eigenvalue weighted by Gasteiger charge is 2.36. The van der Waals surface area contributed by atoms with Crippen LogP contribution in [0.4, 0.5) is 9.59 Å². The predicted octanol–water partition coefficient (Wildman–Crippen LogP) is 9.04. The predicted molar refractivity (Wildman–Crippen MR) is 244 cm³/mol. The second kappa shape index (κ2) is 21.0. The van der Waals surface area contributed by atoms with Crippen LogP contribution in [0.25, 0.3) is 22.1 Å². The minimum atomic E-state index is -1.13. The number of hydrogen-bond donors (Lipinski definition) is 1. The number of amides is 2. The zero-order valence-corrected chi connectivity index (χ0v) is 41.8. The number of likely N-dealkylation sites (tertiary alicyclic amines) is 2. The van der Waals surface area contributed by atoms with Gasteiger partial charge in [-0.3, -0.25) is 0 Å². The van der Waals surface area contributed by atoms with Crippen LogP contribution >= 0.6 is 34.8 Å². The molecule has 6 rings (SSSR count). The van der Waals surface area contributed by atoms with Gasteiger partial charge in [-0.05, 0) is 89.0 Å². The molecule has 1 N–H and O–H groups in total. The summed E-state index contributed by atoms with van der Waals surface area (Å²) in [6.45, 7) is 29.0. The summed E-state index contributed by atoms with van der Waals surface area (Å²) in [5.74, 6) is 0.416. The van der Waals surface area contributed by atoms with Crippen LogP contribution in [0.2, 0.25) is 67.1 Å². The number of nitrogens with zero attached hydrogens (tertiary/aromatic N) is 8. The number of carbonyl (C=O) groups is 2. The molecular weight excluding hydrogens is 883 g/mol. The fraction of sp³-hybridized carbons (Fsp3) is 0.650. The van der Waals surface area contributed by atoms with Gasteiger partial charge >= 0.3 is 12.2 Å². The molecule has 0 radical (unpaired) electrons. The van der Waals surface area contributed by atoms with Crippen LogP contribution in [0.1, 0.15) is 41.5 Å². The third-order valence-corrected chi connectivity index (χ3v) is 12.9. The largest absolute Gasteiger partial charge is 0.470 e. The van der Waals surface area contributed by atoms with Gasteiger partial charge in [-0.1, -0.05) is 50.9 Å². The molecule has 0 saturated carbocycles. The molecule has 2 aliphatic heterocycles. The van der Waals surface area contributed by atoms with E-state index in [4.69, 9.17) is 63.6 Å². The number of hydrogen-bond acceptors (Lipinski definition) is 12. The van der Waals surface area contributed by atoms with Gasteiger partial charge in [0.05, 0.1) is 43.1 Å². The summed E-state index contributed by atoms with van der Waals surface area (Å²) in [4.78, 5) is 43.0. The van der Waals surface area contributed by atoms with E-state index in [1.807, 2.05) is 75.2 Å². The average Bonchev–Trinajstić information content (AvgIpc) is 3.67. The summed E-state index contributed by atoms with van der Waals surface area (Å²) in [5, 5.41) is 11.1. The van der Waals surface area contributed by atoms with Gasteiger partial charge in [-0.25, -0.2) is 14.6 Å². The van der Waals surface area contributed by atoms with Crippen LogP contribution in [0, 0.1) is 0 Å². The van der Waals surface area contributed by atoms with Gasteiger partial charge in [0.15, 0.2) is 5.65 Å². The fourth-order valence-corrected chi connectivity index (χ4v) is 7.58. The number of aliphatic hydroxyl groups is 1. The Morgan fingerprint density at radius 1 is 0.689 bits per heavy atom. The minimum Gasteiger partial charge on any atom is -0.470 e. The molecule has 0 spiro atoms. The van der Waals surface area contributed by atoms with E-state index < -0.39 is 27.3 Å². The minimum absolute atomic E-state index is 0.114. The van der Waals surface area contributed by atoms with Crippen molar-refractivity contribution in [1.29, 1.82) is 0 Å². The van der Waals surface area contributed by atoms with Crippen LogP contribution in [0.3, 0.4) is 0 Å². The summed E-state index contributed by atoms with van der Waals surface area (Å²) in [6.07, 6.45) is 2.57. The van der Waals surface area contributed by atoms with Crippen molar-refractivity contribution in [2.24, 2.45) is 0 Å². The molecule has 0 bridgehead atoms. The van der Waals surface area contributed by atoms with Gasteiger partial charge in [0.25, 0.3) is 0 Å². The number of carbonyl (C=O) groups excluding carboxylic acids is 2. The molecule has 16 nitrogen and oxygen atoms in total. The molecule has 61 heavy (non-hydrogen) atoms. The first-order chi connectivity index (χ1) is 28.2. The van der Waals surface area contributed by atoms with Crippen molar-refractivity contribution < 1.29 is 38.4 Å². The quantitative estimate of drug-likeness (QED) is 0.0620. The van der Waals surface area contributed by atoms with Crippen molar-refractivity contribution >= 4 is 85.2 Å². The van der Waals surface area contributed by atoms with Gasteiger partial charge in [-0.15, -0.1) is 0 Å². The smallest absolute Gasteiger partial charge is 0.410 e. The molecule has 2 aliphatic rings. The van der Waals surface area contributed by atoms with E-state index in [0.717, 1.165) is 36.1 Å². The molecule has 0 unspecified atom stereocenters. The summed E-state index contributed by atoms with van der Waals surface area (Å²) in [7, 11) is -2.19. The monoisotopic (exact) mass is 944 g/mol. The van der Waals surface area contributed by atoms with Crippen molar-refractivity contribution in [2.45, 2.75) is 130 Å². The lowest BCUT2D eigenvalue weighted by Crippen LogP contribution is -2.57. The average molecular weight is 947 g/mol. The number of aliphatic hydroxyl groups excluding tert-OH is 1. The number of fused-ring (bicyclic) bond motifs is 2. The fourth-order valence-electron chi connectivity index (χ4n) is 5.47. The highest BCUT2D eigenvalue weighted by Crippen LogP contribution is 2.29. The zero-order valence-electron chi connectivity index (χ0n) is 37.6. The molecule has 4 aromatic heterocycles. The number of ether oxygens (including phenoxy) is 5. The van der Waals surface area contributed by atoms with E-state index >= 15 is 0 Å². The third-order valence-electron chi connectivity index (χ3n) is 8.85. The summed E-state index contributed by atoms with van der Waals surface area (Å²) >= 11 is 18.0. The summed E-state index contributed by atoms with van der Waals surface area (Å²) < 4.78 is 31.7. The first-order valence-corrected chi connectivity index (χ1v) is 28.9. The van der Waals surface area contributed by atoms with Crippen molar-refractivity contribution in [3.05, 3.63) is 40.2 Å². The normalized spacial score (nSPS) is 15.1. The van der Waals surface area contributed by atoms with E-state index in [2.05, 4.69) is 59.2 Å². The van der Waals surface area contributed by atoms with Gasteiger partial charge in [0, 0.05) is 41.8 Å². The van der Waals surface area contributed by atoms with Crippen LogP contribution in [-0.4, -0.2) is 135 Å². The Morgan fingerprint density at radius 2 is 1.11 bits per heavy atom. The zero-order chi connectivity index (χ0) is 45.5. The highest BCUT2D eigenvalue weighted by molar-refractivity contribution is 6.76. The molecule has 6 heterocycles. The van der Waals surface area contributed by atoms with Crippen molar-refractivity contribution in [3.63, 3.8) is 0 Å². The van der Waals surface area contributed by atoms with E-state index in [9.17, 15) is 9.59 Å². The number of halogens is 3. The maximum absolute atomic E-state index is 12.1. The van der Waals surface area contributed by atoms with E-state index in [1.54, 1.807) is 4.90 Å². The second-order valence-corrected chi connectivity index (χ2v) is 31.8. The Kier molecular flexibility index (Phi) is 17.3. The summed E-state index contributed by atoms with van der Waals surface area (Å²) in [6, 6.07) is 6.01. The van der Waals surface area contributed by atoms with Crippen molar-refractivity contribution in [2.75, 3.05) is 39.4 Å². The lowest BCUT2D eigenvalue weighted by Gasteiger charge is -2.39. The second-order valence-electron chi connectivity index (χ2n) is 19.5. The van der Waals surface area contributed by atoms with Gasteiger partial charge in [0.2, 0.25) is 16.4 Å². The molecule has 0 aromatic carbocycles. The third kappa shape index (κ3) is 16.8. The maximum atomic E-state index is 12.1. The molecule has 0 aliphatic carbocycles. The van der Waals surface area contributed by atoms with Crippen LogP contribution < -0.4 is 4.74 Å². The molecule has 21 heteroatoms. The lowest BCUT2D eigenvalue weighted by molar-refractivity contribution is -0.0303. The molecular formula is C40H63Cl3N8O8Si2. The van der Waals surface area contributed by atoms with Crippen LogP contribution in [-0.2, 0) is 32.4 Å². The Hall–Kier alpha value is -3.24. The molecule has 0 atom stereocenters. The Bertz CT molecular complexity index is 2080.